The largest absolute Gasteiger partial charge is 0.496 e. The van der Waals surface area contributed by atoms with Gasteiger partial charge in [0.1, 0.15) is 12.1 Å². The maximum atomic E-state index is 12.4. The van der Waals surface area contributed by atoms with Crippen LogP contribution in [0.25, 0.3) is 0 Å². The third kappa shape index (κ3) is 7.39. The van der Waals surface area contributed by atoms with Gasteiger partial charge in [0.25, 0.3) is 5.91 Å². The highest BCUT2D eigenvalue weighted by Gasteiger charge is 2.22. The number of aliphatic imine (C=N–C) groups is 1. The lowest BCUT2D eigenvalue weighted by atomic mass is 10.0. The number of ether oxygens (including phenoxy) is 1. The minimum Gasteiger partial charge on any atom is -0.496 e. The van der Waals surface area contributed by atoms with Crippen LogP contribution < -0.4 is 26.6 Å². The van der Waals surface area contributed by atoms with Crippen molar-refractivity contribution in [2.24, 2.45) is 10.8 Å². The van der Waals surface area contributed by atoms with E-state index >= 15 is 0 Å². The number of nitrogens with two attached hydrogens (primary N) is 1. The van der Waals surface area contributed by atoms with Crippen LogP contribution in [-0.4, -0.2) is 42.9 Å². The number of aliphatic carboxylic acids is 1. The lowest BCUT2D eigenvalue weighted by molar-refractivity contribution is -0.137. The number of hydrazine groups is 1. The van der Waals surface area contributed by atoms with Gasteiger partial charge >= 0.3 is 5.97 Å². The van der Waals surface area contributed by atoms with Crippen LogP contribution in [0.15, 0.2) is 51.9 Å². The van der Waals surface area contributed by atoms with Gasteiger partial charge in [0, 0.05) is 15.6 Å². The predicted octanol–water partition coefficient (Wildman–Crippen LogP) is 1.64. The van der Waals surface area contributed by atoms with Gasteiger partial charge in [0.15, 0.2) is 0 Å². The molecule has 31 heavy (non-hydrogen) atoms. The van der Waals surface area contributed by atoms with E-state index in [1.54, 1.807) is 36.4 Å². The predicted molar refractivity (Wildman–Crippen MR) is 118 cm³/mol. The van der Waals surface area contributed by atoms with Gasteiger partial charge in [-0.15, -0.1) is 0 Å². The van der Waals surface area contributed by atoms with E-state index in [2.05, 4.69) is 37.0 Å². The highest BCUT2D eigenvalue weighted by Crippen LogP contribution is 2.30. The van der Waals surface area contributed by atoms with Crippen LogP contribution in [0, 0.1) is 0 Å². The van der Waals surface area contributed by atoms with Crippen molar-refractivity contribution in [1.82, 2.24) is 16.1 Å². The molecule has 0 saturated heterocycles. The van der Waals surface area contributed by atoms with Crippen molar-refractivity contribution in [2.75, 3.05) is 13.7 Å². The molecule has 0 bridgehead atoms. The lowest BCUT2D eigenvalue weighted by Gasteiger charge is -2.20. The molecule has 2 aromatic carbocycles. The molecule has 1 atom stereocenters. The molecule has 0 aliphatic heterocycles. The summed E-state index contributed by atoms with van der Waals surface area (Å²) in [4.78, 5) is 40.1. The summed E-state index contributed by atoms with van der Waals surface area (Å²) in [6.45, 7) is -0.344. The fraction of sp³-hybridized carbons (Fsp3) is 0.200. The van der Waals surface area contributed by atoms with Crippen LogP contribution in [0.1, 0.15) is 28.4 Å². The molecule has 0 aliphatic carbocycles. The summed E-state index contributed by atoms with van der Waals surface area (Å²) < 4.78 is 5.98. The van der Waals surface area contributed by atoms with Gasteiger partial charge in [-0.25, -0.2) is 10.8 Å². The maximum Gasteiger partial charge on any atom is 0.305 e. The molecule has 2 amide bonds. The molecule has 1 unspecified atom stereocenters. The van der Waals surface area contributed by atoms with Crippen molar-refractivity contribution in [2.45, 2.75) is 12.5 Å². The smallest absolute Gasteiger partial charge is 0.305 e. The van der Waals surface area contributed by atoms with Gasteiger partial charge in [-0.05, 0) is 36.4 Å². The lowest BCUT2D eigenvalue weighted by Crippen LogP contribution is -2.39. The number of carbonyl (C=O) groups is 3. The van der Waals surface area contributed by atoms with E-state index in [1.165, 1.54) is 19.5 Å². The summed E-state index contributed by atoms with van der Waals surface area (Å²) in [6.07, 6.45) is 0.908. The molecule has 6 N–H and O–H groups in total. The first-order valence-electron chi connectivity index (χ1n) is 9.05. The number of amides is 2. The quantitative estimate of drug-likeness (QED) is 0.146. The average molecular weight is 492 g/mol. The van der Waals surface area contributed by atoms with Crippen LogP contribution in [0.4, 0.5) is 5.69 Å². The monoisotopic (exact) mass is 491 g/mol. The molecule has 0 aromatic heterocycles. The molecular weight excluding hydrogens is 470 g/mol. The Kier molecular flexibility index (Phi) is 8.97. The number of carbonyl (C=O) groups excluding carboxylic acids is 2. The molecule has 0 saturated carbocycles. The molecule has 0 aliphatic rings. The van der Waals surface area contributed by atoms with Crippen LogP contribution in [0.5, 0.6) is 5.75 Å². The zero-order valence-corrected chi connectivity index (χ0v) is 18.2. The number of benzene rings is 2. The van der Waals surface area contributed by atoms with Crippen LogP contribution in [0.3, 0.4) is 0 Å². The van der Waals surface area contributed by atoms with Gasteiger partial charge in [-0.2, -0.15) is 0 Å². The number of rotatable bonds is 10. The first kappa shape index (κ1) is 23.8. The molecule has 0 fully saturated rings. The first-order chi connectivity index (χ1) is 14.8. The van der Waals surface area contributed by atoms with Crippen molar-refractivity contribution < 1.29 is 24.2 Å². The topological polar surface area (TPSA) is 155 Å². The molecule has 0 radical (unpaired) electrons. The summed E-state index contributed by atoms with van der Waals surface area (Å²) in [6, 6.07) is 10.6. The fourth-order valence-corrected chi connectivity index (χ4v) is 3.12. The number of carboxylic acid groups (broad SMARTS) is 1. The summed E-state index contributed by atoms with van der Waals surface area (Å²) >= 11 is 3.33. The number of nitrogens with zero attached hydrogens (tertiary/aromatic N) is 1. The third-order valence-corrected chi connectivity index (χ3v) is 4.58. The Bertz CT molecular complexity index is 982. The number of halogens is 1. The second kappa shape index (κ2) is 11.7. The number of methoxy groups -OCH3 is 1. The minimum absolute atomic E-state index is 0.301. The number of hydrogen-bond donors (Lipinski definition) is 5. The Morgan fingerprint density at radius 3 is 2.71 bits per heavy atom. The molecule has 11 heteroatoms. The number of carboxylic acids is 1. The van der Waals surface area contributed by atoms with E-state index in [1.807, 2.05) is 0 Å². The van der Waals surface area contributed by atoms with E-state index in [0.29, 0.717) is 27.0 Å². The van der Waals surface area contributed by atoms with E-state index in [-0.39, 0.29) is 13.0 Å². The van der Waals surface area contributed by atoms with E-state index in [4.69, 9.17) is 10.6 Å². The number of hydrogen-bond acceptors (Lipinski definition) is 6. The Labute approximate surface area is 187 Å². The highest BCUT2D eigenvalue weighted by molar-refractivity contribution is 9.10. The van der Waals surface area contributed by atoms with Gasteiger partial charge in [0.05, 0.1) is 31.8 Å². The summed E-state index contributed by atoms with van der Waals surface area (Å²) in [5.74, 6) is 3.42. The summed E-state index contributed by atoms with van der Waals surface area (Å²) in [5.41, 5.74) is 3.56. The first-order valence-corrected chi connectivity index (χ1v) is 9.85. The van der Waals surface area contributed by atoms with Crippen molar-refractivity contribution in [3.05, 3.63) is 58.1 Å². The molecule has 0 spiro atoms. The molecule has 2 rings (SSSR count). The zero-order chi connectivity index (χ0) is 22.8. The number of nitrogens with one attached hydrogen (secondary N) is 3. The van der Waals surface area contributed by atoms with Gasteiger partial charge in [-0.1, -0.05) is 22.0 Å². The molecule has 2 aromatic rings. The fourth-order valence-electron chi connectivity index (χ4n) is 2.74. The van der Waals surface area contributed by atoms with Crippen molar-refractivity contribution >= 4 is 45.7 Å². The van der Waals surface area contributed by atoms with E-state index < -0.39 is 23.8 Å². The van der Waals surface area contributed by atoms with Gasteiger partial charge in [0.2, 0.25) is 5.91 Å². The zero-order valence-electron chi connectivity index (χ0n) is 16.6. The maximum absolute atomic E-state index is 12.4. The molecule has 10 nitrogen and oxygen atoms in total. The molecule has 0 heterocycles. The summed E-state index contributed by atoms with van der Waals surface area (Å²) in [5, 5.41) is 14.4. The minimum atomic E-state index is -1.10. The SMILES string of the molecule is COc1ccc(Br)cc1C(CC(=O)O)NC(=O)CNC(=O)c1cccc(N=CNN)c1. The normalized spacial score (nSPS) is 11.6. The Hall–Kier alpha value is -3.44. The Morgan fingerprint density at radius 2 is 2.03 bits per heavy atom. The van der Waals surface area contributed by atoms with Crippen molar-refractivity contribution in [3.63, 3.8) is 0 Å². The Balaban J connectivity index is 2.06. The highest BCUT2D eigenvalue weighted by atomic mass is 79.9. The van der Waals surface area contributed by atoms with Gasteiger partial charge < -0.3 is 25.9 Å². The second-order valence-electron chi connectivity index (χ2n) is 6.26. The van der Waals surface area contributed by atoms with E-state index in [9.17, 15) is 19.5 Å². The molecule has 164 valence electrons. The second-order valence-corrected chi connectivity index (χ2v) is 7.18. The van der Waals surface area contributed by atoms with Crippen molar-refractivity contribution in [3.8, 4) is 5.75 Å². The van der Waals surface area contributed by atoms with E-state index in [0.717, 1.165) is 0 Å². The molecular formula is C20H22BrN5O5. The van der Waals surface area contributed by atoms with Crippen LogP contribution in [0.2, 0.25) is 0 Å². The third-order valence-electron chi connectivity index (χ3n) is 4.09. The van der Waals surface area contributed by atoms with Gasteiger partial charge in [-0.3, -0.25) is 14.4 Å². The van der Waals surface area contributed by atoms with Crippen LogP contribution >= 0.6 is 15.9 Å². The standard InChI is InChI=1S/C20H22BrN5O5/c1-31-17-6-5-13(21)8-15(17)16(9-19(28)29)26-18(27)10-23-20(30)12-3-2-4-14(7-12)24-11-25-22/h2-8,11,16H,9-10,22H2,1H3,(H,23,30)(H,24,25)(H,26,27)(H,28,29). The van der Waals surface area contributed by atoms with Crippen LogP contribution in [-0.2, 0) is 9.59 Å². The Morgan fingerprint density at radius 1 is 1.26 bits per heavy atom. The van der Waals surface area contributed by atoms with Crippen molar-refractivity contribution in [1.29, 1.82) is 0 Å². The summed E-state index contributed by atoms with van der Waals surface area (Å²) in [7, 11) is 1.45. The average Bonchev–Trinajstić information content (AvgIpc) is 2.75.